The van der Waals surface area contributed by atoms with E-state index in [4.69, 9.17) is 21.5 Å². The summed E-state index contributed by atoms with van der Waals surface area (Å²) < 4.78 is 10.3. The van der Waals surface area contributed by atoms with E-state index < -0.39 is 0 Å². The largest absolute Gasteiger partial charge is 0.462 e. The van der Waals surface area contributed by atoms with Crippen LogP contribution in [0.15, 0.2) is 47.0 Å². The summed E-state index contributed by atoms with van der Waals surface area (Å²) in [7, 11) is 0. The number of carbonyl (C=O) groups is 1. The fourth-order valence-corrected chi connectivity index (χ4v) is 2.83. The van der Waals surface area contributed by atoms with Crippen molar-refractivity contribution in [1.82, 2.24) is 15.5 Å². The molecular weight excluding hydrogens is 388 g/mol. The third-order valence-electron chi connectivity index (χ3n) is 4.14. The van der Waals surface area contributed by atoms with E-state index in [9.17, 15) is 4.79 Å². The van der Waals surface area contributed by atoms with Gasteiger partial charge in [0.25, 0.3) is 0 Å². The summed E-state index contributed by atoms with van der Waals surface area (Å²) in [6.45, 7) is 6.30. The molecule has 8 heteroatoms. The van der Waals surface area contributed by atoms with Crippen molar-refractivity contribution in [2.24, 2.45) is 0 Å². The Labute approximate surface area is 174 Å². The molecule has 3 aromatic rings. The fraction of sp³-hybridized carbons (Fsp3) is 0.238. The topological polar surface area (TPSA) is 89.3 Å². The molecule has 0 saturated heterocycles. The van der Waals surface area contributed by atoms with Gasteiger partial charge in [0.15, 0.2) is 5.11 Å². The van der Waals surface area contributed by atoms with Crippen molar-refractivity contribution >= 4 is 29.0 Å². The van der Waals surface area contributed by atoms with E-state index in [2.05, 4.69) is 20.8 Å². The molecule has 7 nitrogen and oxygen atoms in total. The van der Waals surface area contributed by atoms with Crippen LogP contribution in [0.25, 0.3) is 11.4 Å². The van der Waals surface area contributed by atoms with Gasteiger partial charge in [-0.15, -0.1) is 0 Å². The summed E-state index contributed by atoms with van der Waals surface area (Å²) >= 11 is 5.34. The van der Waals surface area contributed by atoms with Crippen LogP contribution >= 0.6 is 12.2 Å². The highest BCUT2D eigenvalue weighted by Crippen LogP contribution is 2.18. The number of nitrogens with one attached hydrogen (secondary N) is 2. The molecule has 0 amide bonds. The molecule has 150 valence electrons. The molecule has 1 aromatic heterocycles. The first-order valence-corrected chi connectivity index (χ1v) is 9.59. The Balaban J connectivity index is 1.61. The normalized spacial score (nSPS) is 10.4. The minimum atomic E-state index is -0.371. The van der Waals surface area contributed by atoms with Gasteiger partial charge >= 0.3 is 5.97 Å². The molecular formula is C21H22N4O3S. The van der Waals surface area contributed by atoms with Crippen LogP contribution in [0.2, 0.25) is 0 Å². The van der Waals surface area contributed by atoms with Gasteiger partial charge in [-0.2, -0.15) is 4.98 Å². The average molecular weight is 410 g/mol. The van der Waals surface area contributed by atoms with Gasteiger partial charge in [-0.25, -0.2) is 4.79 Å². The minimum Gasteiger partial charge on any atom is -0.462 e. The third kappa shape index (κ3) is 5.39. The number of hydrogen-bond donors (Lipinski definition) is 2. The highest BCUT2D eigenvalue weighted by molar-refractivity contribution is 7.80. The van der Waals surface area contributed by atoms with E-state index >= 15 is 0 Å². The summed E-state index contributed by atoms with van der Waals surface area (Å²) in [4.78, 5) is 16.3. The second kappa shape index (κ2) is 9.29. The van der Waals surface area contributed by atoms with Crippen LogP contribution in [0.3, 0.4) is 0 Å². The molecule has 0 aliphatic rings. The van der Waals surface area contributed by atoms with Crippen molar-refractivity contribution < 1.29 is 14.1 Å². The SMILES string of the molecule is CCOC(=O)c1ccc(C)c(NC(=S)NCc2nc(-c3cccc(C)c3)no2)c1. The fourth-order valence-electron chi connectivity index (χ4n) is 2.65. The summed E-state index contributed by atoms with van der Waals surface area (Å²) in [5.41, 5.74) is 4.15. The van der Waals surface area contributed by atoms with E-state index in [1.807, 2.05) is 44.2 Å². The van der Waals surface area contributed by atoms with Crippen molar-refractivity contribution in [1.29, 1.82) is 0 Å². The average Bonchev–Trinajstić information content (AvgIpc) is 3.17. The quantitative estimate of drug-likeness (QED) is 0.465. The Morgan fingerprint density at radius 3 is 2.79 bits per heavy atom. The van der Waals surface area contributed by atoms with Gasteiger partial charge in [-0.1, -0.05) is 35.0 Å². The molecule has 0 saturated carbocycles. The molecule has 0 aliphatic carbocycles. The first kappa shape index (κ1) is 20.5. The Hall–Kier alpha value is -3.26. The number of ether oxygens (including phenoxy) is 1. The molecule has 1 heterocycles. The van der Waals surface area contributed by atoms with Gasteiger partial charge in [-0.05, 0) is 56.8 Å². The number of thiocarbonyl (C=S) groups is 1. The number of hydrogen-bond acceptors (Lipinski definition) is 6. The van der Waals surface area contributed by atoms with Crippen LogP contribution in [0, 0.1) is 13.8 Å². The zero-order valence-electron chi connectivity index (χ0n) is 16.5. The molecule has 0 aliphatic heterocycles. The number of carbonyl (C=O) groups excluding carboxylic acids is 1. The molecule has 2 aromatic carbocycles. The highest BCUT2D eigenvalue weighted by atomic mass is 32.1. The predicted molar refractivity (Wildman–Crippen MR) is 115 cm³/mol. The lowest BCUT2D eigenvalue weighted by Gasteiger charge is -2.12. The lowest BCUT2D eigenvalue weighted by atomic mass is 10.1. The van der Waals surface area contributed by atoms with Crippen LogP contribution in [-0.4, -0.2) is 27.8 Å². The second-order valence-corrected chi connectivity index (χ2v) is 6.85. The minimum absolute atomic E-state index is 0.279. The maximum atomic E-state index is 11.9. The molecule has 3 rings (SSSR count). The predicted octanol–water partition coefficient (Wildman–Crippen LogP) is 4.02. The van der Waals surface area contributed by atoms with Gasteiger partial charge in [0.2, 0.25) is 11.7 Å². The van der Waals surface area contributed by atoms with Crippen LogP contribution in [-0.2, 0) is 11.3 Å². The van der Waals surface area contributed by atoms with E-state index in [0.717, 1.165) is 22.4 Å². The van der Waals surface area contributed by atoms with Crippen molar-refractivity contribution in [2.75, 3.05) is 11.9 Å². The molecule has 0 fully saturated rings. The van der Waals surface area contributed by atoms with Gasteiger partial charge < -0.3 is 19.9 Å². The molecule has 0 bridgehead atoms. The molecule has 29 heavy (non-hydrogen) atoms. The van der Waals surface area contributed by atoms with Crippen molar-refractivity contribution in [3.05, 3.63) is 65.0 Å². The zero-order chi connectivity index (χ0) is 20.8. The van der Waals surface area contributed by atoms with Gasteiger partial charge in [0.1, 0.15) is 0 Å². The van der Waals surface area contributed by atoms with Crippen LogP contribution in [0.1, 0.15) is 34.3 Å². The molecule has 0 radical (unpaired) electrons. The van der Waals surface area contributed by atoms with Crippen molar-refractivity contribution in [2.45, 2.75) is 27.3 Å². The maximum Gasteiger partial charge on any atom is 0.338 e. The van der Waals surface area contributed by atoms with E-state index in [1.54, 1.807) is 19.1 Å². The monoisotopic (exact) mass is 410 g/mol. The molecule has 0 unspecified atom stereocenters. The Morgan fingerprint density at radius 1 is 1.21 bits per heavy atom. The Morgan fingerprint density at radius 2 is 2.03 bits per heavy atom. The Bertz CT molecular complexity index is 1030. The maximum absolute atomic E-state index is 11.9. The standard InChI is InChI=1S/C21H22N4O3S/c1-4-27-20(26)16-9-8-14(3)17(11-16)23-21(29)22-12-18-24-19(25-28-18)15-7-5-6-13(2)10-15/h5-11H,4,12H2,1-3H3,(H2,22,23,29). The molecule has 0 spiro atoms. The number of aromatic nitrogens is 2. The number of benzene rings is 2. The van der Waals surface area contributed by atoms with Crippen LogP contribution < -0.4 is 10.6 Å². The Kier molecular flexibility index (Phi) is 6.56. The zero-order valence-corrected chi connectivity index (χ0v) is 17.3. The van der Waals surface area contributed by atoms with E-state index in [1.165, 1.54) is 0 Å². The molecule has 0 atom stereocenters. The van der Waals surface area contributed by atoms with E-state index in [-0.39, 0.29) is 12.5 Å². The highest BCUT2D eigenvalue weighted by Gasteiger charge is 2.11. The summed E-state index contributed by atoms with van der Waals surface area (Å²) in [5.74, 6) is 0.578. The summed E-state index contributed by atoms with van der Waals surface area (Å²) in [6, 6.07) is 13.2. The van der Waals surface area contributed by atoms with Crippen molar-refractivity contribution in [3.63, 3.8) is 0 Å². The smallest absolute Gasteiger partial charge is 0.338 e. The lowest BCUT2D eigenvalue weighted by molar-refractivity contribution is 0.0526. The van der Waals surface area contributed by atoms with Crippen LogP contribution in [0.5, 0.6) is 0 Å². The summed E-state index contributed by atoms with van der Waals surface area (Å²) in [5, 5.41) is 10.5. The first-order valence-electron chi connectivity index (χ1n) is 9.18. The number of nitrogens with zero attached hydrogens (tertiary/aromatic N) is 2. The lowest BCUT2D eigenvalue weighted by Crippen LogP contribution is -2.28. The first-order chi connectivity index (χ1) is 14.0. The van der Waals surface area contributed by atoms with Gasteiger partial charge in [0.05, 0.1) is 18.7 Å². The van der Waals surface area contributed by atoms with Crippen LogP contribution in [0.4, 0.5) is 5.69 Å². The van der Waals surface area contributed by atoms with Crippen molar-refractivity contribution in [3.8, 4) is 11.4 Å². The van der Waals surface area contributed by atoms with Gasteiger partial charge in [0, 0.05) is 11.3 Å². The number of rotatable bonds is 6. The third-order valence-corrected chi connectivity index (χ3v) is 4.39. The second-order valence-electron chi connectivity index (χ2n) is 6.44. The number of anilines is 1. The van der Waals surface area contributed by atoms with Gasteiger partial charge in [-0.3, -0.25) is 0 Å². The molecule has 2 N–H and O–H groups in total. The van der Waals surface area contributed by atoms with E-state index in [0.29, 0.717) is 29.0 Å². The number of aryl methyl sites for hydroxylation is 2. The summed E-state index contributed by atoms with van der Waals surface area (Å²) in [6.07, 6.45) is 0. The number of esters is 1.